The number of rotatable bonds is 3. The number of carbonyl (C=O) groups is 1. The molecule has 2 aromatic carbocycles. The van der Waals surface area contributed by atoms with Gasteiger partial charge in [0.2, 0.25) is 5.89 Å². The van der Waals surface area contributed by atoms with E-state index in [0.717, 1.165) is 4.31 Å². The summed E-state index contributed by atoms with van der Waals surface area (Å²) in [5, 5.41) is 0. The molecule has 0 atom stereocenters. The van der Waals surface area contributed by atoms with Crippen LogP contribution in [0.3, 0.4) is 0 Å². The van der Waals surface area contributed by atoms with Gasteiger partial charge in [-0.3, -0.25) is 4.79 Å². The molecule has 0 fully saturated rings. The van der Waals surface area contributed by atoms with Crippen LogP contribution in [0.2, 0.25) is 0 Å². The highest BCUT2D eigenvalue weighted by Gasteiger charge is 2.41. The minimum Gasteiger partial charge on any atom is -0.439 e. The molecule has 0 aliphatic carbocycles. The molecule has 0 saturated carbocycles. The Balaban J connectivity index is 1.64. The van der Waals surface area contributed by atoms with Crippen LogP contribution in [0.15, 0.2) is 64.0 Å². The first-order valence-electron chi connectivity index (χ1n) is 7.33. The van der Waals surface area contributed by atoms with Crippen LogP contribution in [0.5, 0.6) is 0 Å². The lowest BCUT2D eigenvalue weighted by Gasteiger charge is -2.12. The Labute approximate surface area is 142 Å². The Kier molecular flexibility index (Phi) is 3.43. The minimum atomic E-state index is -3.92. The van der Waals surface area contributed by atoms with Crippen molar-refractivity contribution in [3.05, 3.63) is 72.0 Å². The molecule has 3 aromatic rings. The zero-order chi connectivity index (χ0) is 17.6. The molecule has 1 aromatic heterocycles. The van der Waals surface area contributed by atoms with E-state index in [1.165, 1.54) is 42.6 Å². The van der Waals surface area contributed by atoms with E-state index in [1.54, 1.807) is 12.1 Å². The highest BCUT2D eigenvalue weighted by atomic mass is 32.2. The molecule has 6 nitrogen and oxygen atoms in total. The summed E-state index contributed by atoms with van der Waals surface area (Å²) in [4.78, 5) is 16.4. The van der Waals surface area contributed by atoms with Gasteiger partial charge in [-0.15, -0.1) is 0 Å². The number of halogens is 1. The Bertz CT molecular complexity index is 1070. The summed E-state index contributed by atoms with van der Waals surface area (Å²) in [7, 11) is -3.92. The van der Waals surface area contributed by atoms with Gasteiger partial charge in [0.15, 0.2) is 5.76 Å². The highest BCUT2D eigenvalue weighted by molar-refractivity contribution is 7.90. The van der Waals surface area contributed by atoms with Gasteiger partial charge >= 0.3 is 0 Å². The molecule has 0 spiro atoms. The molecule has 2 heterocycles. The number of hydrogen-bond acceptors (Lipinski definition) is 5. The molecule has 126 valence electrons. The van der Waals surface area contributed by atoms with Crippen molar-refractivity contribution in [1.82, 2.24) is 9.29 Å². The smallest absolute Gasteiger partial charge is 0.269 e. The quantitative estimate of drug-likeness (QED) is 0.719. The minimum absolute atomic E-state index is 0.0229. The molecule has 0 bridgehead atoms. The lowest BCUT2D eigenvalue weighted by atomic mass is 10.2. The van der Waals surface area contributed by atoms with Crippen molar-refractivity contribution in [2.24, 2.45) is 0 Å². The monoisotopic (exact) mass is 358 g/mol. The molecular formula is C17H11FN2O4S. The van der Waals surface area contributed by atoms with Gasteiger partial charge in [-0.1, -0.05) is 12.1 Å². The average molecular weight is 358 g/mol. The molecule has 4 rings (SSSR count). The molecule has 1 aliphatic rings. The van der Waals surface area contributed by atoms with Crippen LogP contribution in [-0.2, 0) is 16.6 Å². The number of aromatic nitrogens is 1. The van der Waals surface area contributed by atoms with Crippen LogP contribution in [0.25, 0.3) is 11.3 Å². The Morgan fingerprint density at radius 2 is 1.80 bits per heavy atom. The largest absolute Gasteiger partial charge is 0.439 e. The van der Waals surface area contributed by atoms with Crippen LogP contribution < -0.4 is 0 Å². The maximum Gasteiger partial charge on any atom is 0.269 e. The van der Waals surface area contributed by atoms with Crippen LogP contribution in [-0.4, -0.2) is 23.6 Å². The third kappa shape index (κ3) is 2.51. The normalized spacial score (nSPS) is 15.4. The second-order valence-corrected chi connectivity index (χ2v) is 7.27. The van der Waals surface area contributed by atoms with Crippen LogP contribution >= 0.6 is 0 Å². The first kappa shape index (κ1) is 15.5. The zero-order valence-electron chi connectivity index (χ0n) is 12.7. The molecule has 1 amide bonds. The van der Waals surface area contributed by atoms with Crippen molar-refractivity contribution >= 4 is 15.9 Å². The SMILES string of the molecule is O=C1c2ccccc2S(=O)(=O)N1Cc1ncc(-c2ccc(F)cc2)o1. The van der Waals surface area contributed by atoms with Crippen molar-refractivity contribution in [3.63, 3.8) is 0 Å². The first-order chi connectivity index (χ1) is 12.0. The van der Waals surface area contributed by atoms with Crippen LogP contribution in [0.4, 0.5) is 4.39 Å². The molecular weight excluding hydrogens is 347 g/mol. The van der Waals surface area contributed by atoms with E-state index in [-0.39, 0.29) is 28.7 Å². The van der Waals surface area contributed by atoms with Gasteiger partial charge in [0.05, 0.1) is 11.8 Å². The maximum atomic E-state index is 13.0. The average Bonchev–Trinajstić information content (AvgIpc) is 3.14. The van der Waals surface area contributed by atoms with Gasteiger partial charge in [0.25, 0.3) is 15.9 Å². The molecule has 1 aliphatic heterocycles. The van der Waals surface area contributed by atoms with Crippen LogP contribution in [0, 0.1) is 5.82 Å². The third-order valence-corrected chi connectivity index (χ3v) is 5.66. The standard InChI is InChI=1S/C17H11FN2O4S/c18-12-7-5-11(6-8-12)14-9-19-16(24-14)10-20-17(21)13-3-1-2-4-15(13)25(20,22)23/h1-9H,10H2. The third-order valence-electron chi connectivity index (χ3n) is 3.87. The Hall–Kier alpha value is -3.00. The second-order valence-electron chi connectivity index (χ2n) is 5.44. The topological polar surface area (TPSA) is 80.5 Å². The van der Waals surface area contributed by atoms with Gasteiger partial charge in [-0.05, 0) is 36.4 Å². The number of benzene rings is 2. The van der Waals surface area contributed by atoms with Gasteiger partial charge in [-0.25, -0.2) is 22.1 Å². The van der Waals surface area contributed by atoms with Gasteiger partial charge in [-0.2, -0.15) is 0 Å². The zero-order valence-corrected chi connectivity index (χ0v) is 13.5. The summed E-state index contributed by atoms with van der Waals surface area (Å²) in [5.74, 6) is -0.562. The van der Waals surface area contributed by atoms with E-state index in [0.29, 0.717) is 11.3 Å². The molecule has 25 heavy (non-hydrogen) atoms. The summed E-state index contributed by atoms with van der Waals surface area (Å²) in [6.07, 6.45) is 1.41. The fraction of sp³-hybridized carbons (Fsp3) is 0.0588. The number of fused-ring (bicyclic) bond motifs is 1. The molecule has 0 saturated heterocycles. The fourth-order valence-corrected chi connectivity index (χ4v) is 4.16. The summed E-state index contributed by atoms with van der Waals surface area (Å²) < 4.78 is 44.2. The van der Waals surface area contributed by atoms with E-state index in [4.69, 9.17) is 4.42 Å². The molecule has 0 unspecified atom stereocenters. The van der Waals surface area contributed by atoms with Gasteiger partial charge in [0, 0.05) is 5.56 Å². The van der Waals surface area contributed by atoms with Crippen molar-refractivity contribution in [1.29, 1.82) is 0 Å². The van der Waals surface area contributed by atoms with Crippen molar-refractivity contribution in [3.8, 4) is 11.3 Å². The van der Waals surface area contributed by atoms with E-state index < -0.39 is 15.9 Å². The van der Waals surface area contributed by atoms with Gasteiger partial charge in [0.1, 0.15) is 17.3 Å². The summed E-state index contributed by atoms with van der Waals surface area (Å²) in [6, 6.07) is 11.6. The summed E-state index contributed by atoms with van der Waals surface area (Å²) in [6.45, 7) is -0.308. The second kappa shape index (κ2) is 5.52. The molecule has 0 N–H and O–H groups in total. The van der Waals surface area contributed by atoms with E-state index in [9.17, 15) is 17.6 Å². The lowest BCUT2D eigenvalue weighted by molar-refractivity contribution is 0.0857. The van der Waals surface area contributed by atoms with Crippen molar-refractivity contribution in [2.45, 2.75) is 11.4 Å². The number of sulfonamides is 1. The number of nitrogens with zero attached hydrogens (tertiary/aromatic N) is 2. The predicted molar refractivity (Wildman–Crippen MR) is 85.4 cm³/mol. The highest BCUT2D eigenvalue weighted by Crippen LogP contribution is 2.31. The first-order valence-corrected chi connectivity index (χ1v) is 8.77. The maximum absolute atomic E-state index is 13.0. The number of hydrogen-bond donors (Lipinski definition) is 0. The van der Waals surface area contributed by atoms with Gasteiger partial charge < -0.3 is 4.42 Å². The molecule has 8 heteroatoms. The van der Waals surface area contributed by atoms with Crippen LogP contribution in [0.1, 0.15) is 16.2 Å². The summed E-state index contributed by atoms with van der Waals surface area (Å²) >= 11 is 0. The number of amides is 1. The fourth-order valence-electron chi connectivity index (χ4n) is 2.64. The van der Waals surface area contributed by atoms with Crippen molar-refractivity contribution in [2.75, 3.05) is 0 Å². The Morgan fingerprint density at radius 3 is 2.52 bits per heavy atom. The van der Waals surface area contributed by atoms with E-state index >= 15 is 0 Å². The van der Waals surface area contributed by atoms with E-state index in [1.807, 2.05) is 0 Å². The molecule has 0 radical (unpaired) electrons. The number of oxazole rings is 1. The lowest BCUT2D eigenvalue weighted by Crippen LogP contribution is -2.29. The Morgan fingerprint density at radius 1 is 1.08 bits per heavy atom. The summed E-state index contributed by atoms with van der Waals surface area (Å²) in [5.41, 5.74) is 0.729. The van der Waals surface area contributed by atoms with E-state index in [2.05, 4.69) is 4.98 Å². The van der Waals surface area contributed by atoms with Crippen molar-refractivity contribution < 1.29 is 22.0 Å². The number of carbonyl (C=O) groups excluding carboxylic acids is 1. The predicted octanol–water partition coefficient (Wildman–Crippen LogP) is 2.83.